The predicted octanol–water partition coefficient (Wildman–Crippen LogP) is 5.00. The highest BCUT2D eigenvalue weighted by atomic mass is 19.1. The lowest BCUT2D eigenvalue weighted by Crippen LogP contribution is -2.36. The first kappa shape index (κ1) is 22.0. The van der Waals surface area contributed by atoms with E-state index in [0.717, 1.165) is 22.8 Å². The van der Waals surface area contributed by atoms with Crippen molar-refractivity contribution in [3.63, 3.8) is 0 Å². The number of hydrogen-bond acceptors (Lipinski definition) is 3. The molecule has 6 heteroatoms. The van der Waals surface area contributed by atoms with E-state index in [2.05, 4.69) is 0 Å². The largest absolute Gasteiger partial charge is 0.480 e. The van der Waals surface area contributed by atoms with Crippen molar-refractivity contribution in [2.75, 3.05) is 6.61 Å². The van der Waals surface area contributed by atoms with Gasteiger partial charge in [-0.05, 0) is 37.1 Å². The quantitative estimate of drug-likeness (QED) is 0.556. The number of rotatable bonds is 8. The molecule has 0 radical (unpaired) electrons. The van der Waals surface area contributed by atoms with Gasteiger partial charge in [0.1, 0.15) is 5.56 Å². The maximum Gasteiger partial charge on any atom is 0.339 e. The second-order valence-corrected chi connectivity index (χ2v) is 7.30. The molecule has 1 atom stereocenters. The third kappa shape index (κ3) is 5.48. The summed E-state index contributed by atoms with van der Waals surface area (Å²) in [7, 11) is 0. The monoisotopic (exact) mass is 421 g/mol. The average Bonchev–Trinajstić information content (AvgIpc) is 2.77. The van der Waals surface area contributed by atoms with Crippen LogP contribution in [-0.2, 0) is 11.3 Å². The molecule has 0 fully saturated rings. The highest BCUT2D eigenvalue weighted by Crippen LogP contribution is 2.25. The number of carbonyl (C=O) groups excluding carboxylic acids is 1. The molecule has 1 N–H and O–H groups in total. The number of para-hydroxylation sites is 1. The summed E-state index contributed by atoms with van der Waals surface area (Å²) in [5.41, 5.74) is 2.68. The van der Waals surface area contributed by atoms with Crippen molar-refractivity contribution >= 4 is 11.9 Å². The van der Waals surface area contributed by atoms with Crippen molar-refractivity contribution in [2.45, 2.75) is 26.4 Å². The summed E-state index contributed by atoms with van der Waals surface area (Å²) in [6.07, 6.45) is 0. The summed E-state index contributed by atoms with van der Waals surface area (Å²) >= 11 is 0. The van der Waals surface area contributed by atoms with Crippen LogP contribution < -0.4 is 4.74 Å². The molecular formula is C25H24FNO4. The highest BCUT2D eigenvalue weighted by molar-refractivity contribution is 5.91. The van der Waals surface area contributed by atoms with Crippen molar-refractivity contribution in [2.24, 2.45) is 0 Å². The van der Waals surface area contributed by atoms with E-state index in [4.69, 9.17) is 4.74 Å². The number of halogens is 1. The van der Waals surface area contributed by atoms with Gasteiger partial charge in [0, 0.05) is 6.54 Å². The molecule has 0 aliphatic carbocycles. The fourth-order valence-electron chi connectivity index (χ4n) is 3.28. The third-order valence-corrected chi connectivity index (χ3v) is 5.08. The number of nitrogens with zero attached hydrogens (tertiary/aromatic N) is 1. The summed E-state index contributed by atoms with van der Waals surface area (Å²) in [6.45, 7) is 3.75. The van der Waals surface area contributed by atoms with Gasteiger partial charge in [-0.2, -0.15) is 0 Å². The second-order valence-electron chi connectivity index (χ2n) is 7.30. The van der Waals surface area contributed by atoms with Gasteiger partial charge in [0.05, 0.1) is 6.04 Å². The first-order valence-corrected chi connectivity index (χ1v) is 9.91. The SMILES string of the molecule is Cc1ccc(CN(C(=O)COc2c(F)cccc2C(=O)O)[C@H](C)c2ccccc2)cc1. The molecule has 0 saturated heterocycles. The smallest absolute Gasteiger partial charge is 0.339 e. The van der Waals surface area contributed by atoms with Crippen LogP contribution in [0.4, 0.5) is 4.39 Å². The molecule has 3 aromatic carbocycles. The maximum absolute atomic E-state index is 14.2. The van der Waals surface area contributed by atoms with Gasteiger partial charge >= 0.3 is 5.97 Å². The van der Waals surface area contributed by atoms with Gasteiger partial charge in [0.2, 0.25) is 0 Å². The Morgan fingerprint density at radius 1 is 1.00 bits per heavy atom. The highest BCUT2D eigenvalue weighted by Gasteiger charge is 2.24. The Kier molecular flexibility index (Phi) is 7.03. The normalized spacial score (nSPS) is 11.6. The predicted molar refractivity (Wildman–Crippen MR) is 115 cm³/mol. The summed E-state index contributed by atoms with van der Waals surface area (Å²) in [5, 5.41) is 9.28. The number of carboxylic acid groups (broad SMARTS) is 1. The Hall–Kier alpha value is -3.67. The van der Waals surface area contributed by atoms with E-state index in [1.807, 2.05) is 68.4 Å². The molecule has 0 saturated carbocycles. The van der Waals surface area contributed by atoms with Gasteiger partial charge in [0.15, 0.2) is 18.2 Å². The molecule has 0 unspecified atom stereocenters. The van der Waals surface area contributed by atoms with E-state index in [-0.39, 0.29) is 17.5 Å². The average molecular weight is 421 g/mol. The van der Waals surface area contributed by atoms with Crippen molar-refractivity contribution in [1.29, 1.82) is 0 Å². The fourth-order valence-corrected chi connectivity index (χ4v) is 3.28. The van der Waals surface area contributed by atoms with Crippen LogP contribution in [0.3, 0.4) is 0 Å². The number of aryl methyl sites for hydroxylation is 1. The minimum atomic E-state index is -1.32. The van der Waals surface area contributed by atoms with Gasteiger partial charge in [-0.3, -0.25) is 4.79 Å². The number of carboxylic acids is 1. The molecule has 0 aliphatic heterocycles. The molecule has 160 valence electrons. The summed E-state index contributed by atoms with van der Waals surface area (Å²) < 4.78 is 19.5. The van der Waals surface area contributed by atoms with E-state index in [1.165, 1.54) is 12.1 Å². The summed E-state index contributed by atoms with van der Waals surface area (Å²) in [6, 6.07) is 20.8. The Balaban J connectivity index is 1.84. The Labute approximate surface area is 180 Å². The molecule has 31 heavy (non-hydrogen) atoms. The number of carbonyl (C=O) groups is 2. The molecule has 3 rings (SSSR count). The van der Waals surface area contributed by atoms with Gasteiger partial charge in [-0.25, -0.2) is 9.18 Å². The lowest BCUT2D eigenvalue weighted by Gasteiger charge is -2.30. The van der Waals surface area contributed by atoms with Crippen LogP contribution in [0.15, 0.2) is 72.8 Å². The van der Waals surface area contributed by atoms with Crippen molar-refractivity contribution in [1.82, 2.24) is 4.90 Å². The molecule has 5 nitrogen and oxygen atoms in total. The van der Waals surface area contributed by atoms with E-state index in [9.17, 15) is 19.1 Å². The van der Waals surface area contributed by atoms with E-state index in [0.29, 0.717) is 6.54 Å². The van der Waals surface area contributed by atoms with Crippen molar-refractivity contribution in [3.8, 4) is 5.75 Å². The van der Waals surface area contributed by atoms with E-state index in [1.54, 1.807) is 4.90 Å². The lowest BCUT2D eigenvalue weighted by atomic mass is 10.1. The molecule has 0 aromatic heterocycles. The number of ether oxygens (including phenoxy) is 1. The zero-order chi connectivity index (χ0) is 22.4. The van der Waals surface area contributed by atoms with Gasteiger partial charge < -0.3 is 14.7 Å². The molecule has 0 spiro atoms. The van der Waals surface area contributed by atoms with Gasteiger partial charge in [-0.1, -0.05) is 66.2 Å². The van der Waals surface area contributed by atoms with Crippen molar-refractivity contribution in [3.05, 3.63) is 101 Å². The van der Waals surface area contributed by atoms with E-state index >= 15 is 0 Å². The van der Waals surface area contributed by atoms with Crippen LogP contribution >= 0.6 is 0 Å². The Morgan fingerprint density at radius 3 is 2.32 bits per heavy atom. The summed E-state index contributed by atoms with van der Waals surface area (Å²) in [4.78, 5) is 26.1. The fraction of sp³-hybridized carbons (Fsp3) is 0.200. The Bertz CT molecular complexity index is 1050. The van der Waals surface area contributed by atoms with Crippen molar-refractivity contribution < 1.29 is 23.8 Å². The summed E-state index contributed by atoms with van der Waals surface area (Å²) in [5.74, 6) is -2.97. The molecule has 3 aromatic rings. The lowest BCUT2D eigenvalue weighted by molar-refractivity contribution is -0.136. The van der Waals surface area contributed by atoms with Gasteiger partial charge in [-0.15, -0.1) is 0 Å². The second kappa shape index (κ2) is 9.89. The molecule has 0 aliphatic rings. The topological polar surface area (TPSA) is 66.8 Å². The zero-order valence-corrected chi connectivity index (χ0v) is 17.4. The van der Waals surface area contributed by atoms with E-state index < -0.39 is 24.1 Å². The van der Waals surface area contributed by atoms with Crippen LogP contribution in [0.5, 0.6) is 5.75 Å². The number of aromatic carboxylic acids is 1. The zero-order valence-electron chi connectivity index (χ0n) is 17.4. The number of amides is 1. The Morgan fingerprint density at radius 2 is 1.68 bits per heavy atom. The van der Waals surface area contributed by atoms with Crippen LogP contribution in [0.1, 0.15) is 40.0 Å². The van der Waals surface area contributed by atoms with Crippen LogP contribution in [0.25, 0.3) is 0 Å². The minimum Gasteiger partial charge on any atom is -0.480 e. The molecule has 0 heterocycles. The minimum absolute atomic E-state index is 0.266. The number of benzene rings is 3. The van der Waals surface area contributed by atoms with Crippen LogP contribution in [-0.4, -0.2) is 28.5 Å². The van der Waals surface area contributed by atoms with Crippen LogP contribution in [0.2, 0.25) is 0 Å². The molecule has 0 bridgehead atoms. The standard InChI is InChI=1S/C25H24FNO4/c1-17-11-13-19(14-12-17)15-27(18(2)20-7-4-3-5-8-20)23(28)16-31-24-21(25(29)30)9-6-10-22(24)26/h3-14,18H,15-16H2,1-2H3,(H,29,30)/t18-/m1/s1. The first-order chi connectivity index (χ1) is 14.9. The first-order valence-electron chi connectivity index (χ1n) is 9.91. The maximum atomic E-state index is 14.2. The molecule has 1 amide bonds. The number of hydrogen-bond donors (Lipinski definition) is 1. The van der Waals surface area contributed by atoms with Gasteiger partial charge in [0.25, 0.3) is 5.91 Å². The molecular weight excluding hydrogens is 397 g/mol. The van der Waals surface area contributed by atoms with Crippen LogP contribution in [0, 0.1) is 12.7 Å². The third-order valence-electron chi connectivity index (χ3n) is 5.08.